The molecule has 2 amide bonds. The Morgan fingerprint density at radius 2 is 1.96 bits per heavy atom. The van der Waals surface area contributed by atoms with Gasteiger partial charge in [-0.1, -0.05) is 26.2 Å². The molecule has 0 unspecified atom stereocenters. The molecule has 1 heterocycles. The molecule has 0 saturated heterocycles. The summed E-state index contributed by atoms with van der Waals surface area (Å²) >= 11 is 0. The molecule has 152 valence electrons. The summed E-state index contributed by atoms with van der Waals surface area (Å²) in [5, 5.41) is 0. The van der Waals surface area contributed by atoms with E-state index in [2.05, 4.69) is 6.92 Å². The first-order valence-electron chi connectivity index (χ1n) is 10.2. The Morgan fingerprint density at radius 1 is 1.22 bits per heavy atom. The topological polar surface area (TPSA) is 54.8 Å². The van der Waals surface area contributed by atoms with Crippen LogP contribution in [0.1, 0.15) is 51.1 Å². The highest BCUT2D eigenvalue weighted by Crippen LogP contribution is 2.26. The van der Waals surface area contributed by atoms with E-state index < -0.39 is 0 Å². The summed E-state index contributed by atoms with van der Waals surface area (Å²) in [6.07, 6.45) is 8.10. The molecular weight excluding hydrogens is 342 g/mol. The molecular formula is C21H35N3O3. The first-order valence-corrected chi connectivity index (χ1v) is 10.2. The van der Waals surface area contributed by atoms with Gasteiger partial charge in [0.15, 0.2) is 0 Å². The van der Waals surface area contributed by atoms with Crippen molar-refractivity contribution < 1.29 is 14.3 Å². The predicted octanol–water partition coefficient (Wildman–Crippen LogP) is 2.82. The average Bonchev–Trinajstić information content (AvgIpc) is 3.33. The molecule has 2 rings (SSSR count). The Balaban J connectivity index is 2.05. The molecule has 1 aliphatic rings. The third kappa shape index (κ3) is 6.38. The van der Waals surface area contributed by atoms with Gasteiger partial charge in [0, 0.05) is 45.1 Å². The Morgan fingerprint density at radius 3 is 2.56 bits per heavy atom. The van der Waals surface area contributed by atoms with Crippen LogP contribution in [0.25, 0.3) is 0 Å². The summed E-state index contributed by atoms with van der Waals surface area (Å²) in [4.78, 5) is 29.6. The third-order valence-corrected chi connectivity index (χ3v) is 5.45. The van der Waals surface area contributed by atoms with Crippen molar-refractivity contribution in [2.24, 2.45) is 13.0 Å². The van der Waals surface area contributed by atoms with E-state index in [0.29, 0.717) is 26.2 Å². The molecule has 1 fully saturated rings. The fourth-order valence-corrected chi connectivity index (χ4v) is 3.66. The van der Waals surface area contributed by atoms with Crippen LogP contribution in [-0.4, -0.2) is 59.5 Å². The van der Waals surface area contributed by atoms with Crippen molar-refractivity contribution in [3.8, 4) is 0 Å². The largest absolute Gasteiger partial charge is 0.383 e. The van der Waals surface area contributed by atoms with Crippen LogP contribution in [-0.2, 0) is 27.9 Å². The number of amides is 2. The Labute approximate surface area is 163 Å². The fourth-order valence-electron chi connectivity index (χ4n) is 3.66. The van der Waals surface area contributed by atoms with E-state index in [9.17, 15) is 9.59 Å². The molecule has 1 aromatic heterocycles. The zero-order valence-electron chi connectivity index (χ0n) is 17.2. The zero-order valence-corrected chi connectivity index (χ0v) is 17.2. The first kappa shape index (κ1) is 21.5. The predicted molar refractivity (Wildman–Crippen MR) is 106 cm³/mol. The molecule has 6 nitrogen and oxygen atoms in total. The van der Waals surface area contributed by atoms with Gasteiger partial charge < -0.3 is 19.1 Å². The minimum absolute atomic E-state index is 0.00398. The summed E-state index contributed by atoms with van der Waals surface area (Å²) in [5.74, 6) is 0.269. The van der Waals surface area contributed by atoms with Crippen molar-refractivity contribution in [3.63, 3.8) is 0 Å². The summed E-state index contributed by atoms with van der Waals surface area (Å²) in [6, 6.07) is 4.00. The second-order valence-electron chi connectivity index (χ2n) is 7.51. The van der Waals surface area contributed by atoms with E-state index in [4.69, 9.17) is 4.74 Å². The molecule has 0 aromatic carbocycles. The maximum atomic E-state index is 13.0. The molecule has 1 aromatic rings. The van der Waals surface area contributed by atoms with Gasteiger partial charge in [-0.15, -0.1) is 0 Å². The van der Waals surface area contributed by atoms with E-state index in [1.165, 1.54) is 0 Å². The number of methoxy groups -OCH3 is 1. The van der Waals surface area contributed by atoms with E-state index >= 15 is 0 Å². The van der Waals surface area contributed by atoms with E-state index in [1.54, 1.807) is 16.9 Å². The van der Waals surface area contributed by atoms with Crippen LogP contribution >= 0.6 is 0 Å². The number of ether oxygens (including phenoxy) is 1. The number of rotatable bonds is 11. The molecule has 0 aliphatic heterocycles. The number of carbonyl (C=O) groups is 2. The molecule has 6 heteroatoms. The highest BCUT2D eigenvalue weighted by molar-refractivity contribution is 5.86. The van der Waals surface area contributed by atoms with Gasteiger partial charge in [-0.2, -0.15) is 0 Å². The zero-order chi connectivity index (χ0) is 19.6. The lowest BCUT2D eigenvalue weighted by molar-refractivity contribution is -0.143. The van der Waals surface area contributed by atoms with Crippen molar-refractivity contribution in [3.05, 3.63) is 24.0 Å². The third-order valence-electron chi connectivity index (χ3n) is 5.45. The van der Waals surface area contributed by atoms with Crippen LogP contribution in [0.3, 0.4) is 0 Å². The highest BCUT2D eigenvalue weighted by atomic mass is 16.5. The number of hydrogen-bond acceptors (Lipinski definition) is 3. The standard InChI is InChI=1S/C21H35N3O3/c1-4-5-13-24(21(26)18-9-6-7-10-18)17-20(25)23(14-15-27-3)16-19-11-8-12-22(19)2/h8,11-12,18H,4-7,9-10,13-17H2,1-3H3. The molecule has 0 bridgehead atoms. The maximum Gasteiger partial charge on any atom is 0.242 e. The Kier molecular flexibility index (Phi) is 8.85. The van der Waals surface area contributed by atoms with E-state index in [1.807, 2.05) is 29.9 Å². The van der Waals surface area contributed by atoms with Crippen LogP contribution in [0.4, 0.5) is 0 Å². The van der Waals surface area contributed by atoms with E-state index in [0.717, 1.165) is 44.2 Å². The number of carbonyl (C=O) groups excluding carboxylic acids is 2. The van der Waals surface area contributed by atoms with Gasteiger partial charge in [0.2, 0.25) is 11.8 Å². The number of nitrogens with zero attached hydrogens (tertiary/aromatic N) is 3. The summed E-state index contributed by atoms with van der Waals surface area (Å²) in [6.45, 7) is 4.50. The second kappa shape index (κ2) is 11.1. The normalized spacial score (nSPS) is 14.5. The molecule has 27 heavy (non-hydrogen) atoms. The number of aryl methyl sites for hydroxylation is 1. The van der Waals surface area contributed by atoms with Gasteiger partial charge in [-0.05, 0) is 31.4 Å². The van der Waals surface area contributed by atoms with Crippen LogP contribution < -0.4 is 0 Å². The van der Waals surface area contributed by atoms with Crippen LogP contribution in [0.2, 0.25) is 0 Å². The van der Waals surface area contributed by atoms with Crippen molar-refractivity contribution in [2.45, 2.75) is 52.0 Å². The molecule has 0 atom stereocenters. The van der Waals surface area contributed by atoms with Gasteiger partial charge in [0.1, 0.15) is 0 Å². The average molecular weight is 378 g/mol. The van der Waals surface area contributed by atoms with Gasteiger partial charge in [0.05, 0.1) is 19.7 Å². The van der Waals surface area contributed by atoms with Gasteiger partial charge in [-0.25, -0.2) is 0 Å². The lowest BCUT2D eigenvalue weighted by atomic mass is 10.1. The summed E-state index contributed by atoms with van der Waals surface area (Å²) < 4.78 is 7.21. The lowest BCUT2D eigenvalue weighted by Crippen LogP contribution is -2.45. The van der Waals surface area contributed by atoms with Gasteiger partial charge in [0.25, 0.3) is 0 Å². The van der Waals surface area contributed by atoms with Crippen molar-refractivity contribution >= 4 is 11.8 Å². The second-order valence-corrected chi connectivity index (χ2v) is 7.51. The van der Waals surface area contributed by atoms with Crippen molar-refractivity contribution in [1.29, 1.82) is 0 Å². The quantitative estimate of drug-likeness (QED) is 0.596. The van der Waals surface area contributed by atoms with Crippen LogP contribution in [0.15, 0.2) is 18.3 Å². The molecule has 1 aliphatic carbocycles. The minimum Gasteiger partial charge on any atom is -0.383 e. The Hall–Kier alpha value is -1.82. The Bertz CT molecular complexity index is 593. The van der Waals surface area contributed by atoms with Crippen LogP contribution in [0, 0.1) is 5.92 Å². The van der Waals surface area contributed by atoms with Gasteiger partial charge >= 0.3 is 0 Å². The molecule has 0 radical (unpaired) electrons. The fraction of sp³-hybridized carbons (Fsp3) is 0.714. The lowest BCUT2D eigenvalue weighted by Gasteiger charge is -2.29. The van der Waals surface area contributed by atoms with Crippen molar-refractivity contribution in [1.82, 2.24) is 14.4 Å². The highest BCUT2D eigenvalue weighted by Gasteiger charge is 2.29. The van der Waals surface area contributed by atoms with Crippen molar-refractivity contribution in [2.75, 3.05) is 33.4 Å². The summed E-state index contributed by atoms with van der Waals surface area (Å²) in [7, 11) is 3.62. The van der Waals surface area contributed by atoms with E-state index in [-0.39, 0.29) is 24.3 Å². The molecule has 1 saturated carbocycles. The maximum absolute atomic E-state index is 13.0. The minimum atomic E-state index is -0.00398. The molecule has 0 spiro atoms. The summed E-state index contributed by atoms with van der Waals surface area (Å²) in [5.41, 5.74) is 1.07. The smallest absolute Gasteiger partial charge is 0.242 e. The van der Waals surface area contributed by atoms with Gasteiger partial charge in [-0.3, -0.25) is 9.59 Å². The monoisotopic (exact) mass is 377 g/mol. The number of unbranched alkanes of at least 4 members (excludes halogenated alkanes) is 1. The number of hydrogen-bond donors (Lipinski definition) is 0. The number of aromatic nitrogens is 1. The first-order chi connectivity index (χ1) is 13.1. The van der Waals surface area contributed by atoms with Crippen LogP contribution in [0.5, 0.6) is 0 Å². The molecule has 0 N–H and O–H groups in total. The SMILES string of the molecule is CCCCN(CC(=O)N(CCOC)Cc1cccn1C)C(=O)C1CCCC1.